The summed E-state index contributed by atoms with van der Waals surface area (Å²) in [5.74, 6) is -3.79. The third-order valence-electron chi connectivity index (χ3n) is 6.66. The van der Waals surface area contributed by atoms with Crippen molar-refractivity contribution >= 4 is 27.6 Å². The molecule has 0 fully saturated rings. The molecule has 0 saturated heterocycles. The van der Waals surface area contributed by atoms with Crippen LogP contribution in [-0.4, -0.2) is 83.7 Å². The maximum Gasteiger partial charge on any atom is 0.253 e. The van der Waals surface area contributed by atoms with Crippen molar-refractivity contribution in [1.82, 2.24) is 20.9 Å². The number of aliphatic hydroxyl groups is 2. The molecular formula is C29H50N4O7S. The summed E-state index contributed by atoms with van der Waals surface area (Å²) in [4.78, 5) is 43.2. The Kier molecular flexibility index (Phi) is 15.5. The topological polar surface area (TPSA) is 175 Å². The van der Waals surface area contributed by atoms with Gasteiger partial charge in [0.05, 0.1) is 35.1 Å². The van der Waals surface area contributed by atoms with Crippen LogP contribution in [0.5, 0.6) is 0 Å². The van der Waals surface area contributed by atoms with Gasteiger partial charge >= 0.3 is 0 Å². The SMILES string of the molecule is CCCCS(=O)(=O)CC(NC(=O)c1cccnc1)C(=O)N[C@@H](CC(C)C)[C@@H](O)[C@H](O)[C@H](C(=O)NCC(C)C)C(C)C. The Labute approximate surface area is 245 Å². The first-order valence-corrected chi connectivity index (χ1v) is 16.3. The van der Waals surface area contributed by atoms with Crippen LogP contribution in [0.4, 0.5) is 0 Å². The van der Waals surface area contributed by atoms with Gasteiger partial charge in [0, 0.05) is 18.9 Å². The monoisotopic (exact) mass is 598 g/mol. The average Bonchev–Trinajstić information content (AvgIpc) is 2.89. The fourth-order valence-corrected chi connectivity index (χ4v) is 6.06. The minimum atomic E-state index is -3.72. The van der Waals surface area contributed by atoms with Crippen LogP contribution in [0.1, 0.15) is 78.1 Å². The van der Waals surface area contributed by atoms with E-state index in [1.54, 1.807) is 19.9 Å². The summed E-state index contributed by atoms with van der Waals surface area (Å²) >= 11 is 0. The molecule has 0 aliphatic carbocycles. The first-order valence-electron chi connectivity index (χ1n) is 14.4. The molecule has 0 bridgehead atoms. The van der Waals surface area contributed by atoms with Crippen molar-refractivity contribution in [2.24, 2.45) is 23.7 Å². The van der Waals surface area contributed by atoms with E-state index in [1.165, 1.54) is 18.5 Å². The van der Waals surface area contributed by atoms with Crippen LogP contribution in [0.3, 0.4) is 0 Å². The Balaban J connectivity index is 3.27. The normalized spacial score (nSPS) is 15.7. The average molecular weight is 599 g/mol. The number of aromatic nitrogens is 1. The minimum absolute atomic E-state index is 0.0360. The number of aliphatic hydroxyl groups excluding tert-OH is 2. The Morgan fingerprint density at radius 3 is 2.12 bits per heavy atom. The fourth-order valence-electron chi connectivity index (χ4n) is 4.42. The lowest BCUT2D eigenvalue weighted by Crippen LogP contribution is -2.58. The largest absolute Gasteiger partial charge is 0.390 e. The van der Waals surface area contributed by atoms with Gasteiger partial charge in [-0.05, 0) is 42.7 Å². The lowest BCUT2D eigenvalue weighted by Gasteiger charge is -2.35. The quantitative estimate of drug-likeness (QED) is 0.170. The van der Waals surface area contributed by atoms with Gasteiger partial charge in [0.2, 0.25) is 11.8 Å². The number of unbranched alkanes of at least 4 members (excludes halogenated alkanes) is 1. The van der Waals surface area contributed by atoms with E-state index in [4.69, 9.17) is 0 Å². The zero-order valence-electron chi connectivity index (χ0n) is 25.5. The Hall–Kier alpha value is -2.57. The van der Waals surface area contributed by atoms with Crippen LogP contribution < -0.4 is 16.0 Å². The first-order chi connectivity index (χ1) is 19.1. The highest BCUT2D eigenvalue weighted by molar-refractivity contribution is 7.91. The summed E-state index contributed by atoms with van der Waals surface area (Å²) in [5, 5.41) is 30.4. The molecule has 0 spiro atoms. The molecule has 12 heteroatoms. The summed E-state index contributed by atoms with van der Waals surface area (Å²) in [6.07, 6.45) is 1.01. The number of rotatable bonds is 18. The van der Waals surface area contributed by atoms with Crippen molar-refractivity contribution in [3.05, 3.63) is 30.1 Å². The van der Waals surface area contributed by atoms with Gasteiger partial charge in [-0.15, -0.1) is 0 Å². The summed E-state index contributed by atoms with van der Waals surface area (Å²) in [6, 6.07) is 0.550. The van der Waals surface area contributed by atoms with E-state index in [-0.39, 0.29) is 35.5 Å². The van der Waals surface area contributed by atoms with Crippen LogP contribution in [0.15, 0.2) is 24.5 Å². The molecule has 0 saturated carbocycles. The van der Waals surface area contributed by atoms with E-state index in [2.05, 4.69) is 20.9 Å². The van der Waals surface area contributed by atoms with Crippen molar-refractivity contribution in [3.63, 3.8) is 0 Å². The van der Waals surface area contributed by atoms with E-state index >= 15 is 0 Å². The third kappa shape index (κ3) is 12.9. The van der Waals surface area contributed by atoms with E-state index < -0.39 is 63.5 Å². The van der Waals surface area contributed by atoms with Crippen LogP contribution in [0.25, 0.3) is 0 Å². The van der Waals surface area contributed by atoms with E-state index in [1.807, 2.05) is 34.6 Å². The number of amides is 3. The van der Waals surface area contributed by atoms with Crippen molar-refractivity contribution < 1.29 is 33.0 Å². The molecule has 1 unspecified atom stereocenters. The van der Waals surface area contributed by atoms with Gasteiger partial charge in [-0.3, -0.25) is 19.4 Å². The van der Waals surface area contributed by atoms with E-state index in [9.17, 15) is 33.0 Å². The van der Waals surface area contributed by atoms with Gasteiger partial charge in [0.15, 0.2) is 9.84 Å². The number of nitrogens with one attached hydrogen (secondary N) is 3. The van der Waals surface area contributed by atoms with Crippen molar-refractivity contribution in [3.8, 4) is 0 Å². The van der Waals surface area contributed by atoms with Crippen LogP contribution in [0.2, 0.25) is 0 Å². The second-order valence-electron chi connectivity index (χ2n) is 11.9. The molecule has 1 rings (SSSR count). The van der Waals surface area contributed by atoms with Gasteiger partial charge < -0.3 is 26.2 Å². The molecule has 3 amide bonds. The van der Waals surface area contributed by atoms with Crippen LogP contribution in [-0.2, 0) is 19.4 Å². The number of carbonyl (C=O) groups is 3. The number of sulfone groups is 1. The lowest BCUT2D eigenvalue weighted by atomic mass is 9.83. The summed E-state index contributed by atoms with van der Waals surface area (Å²) < 4.78 is 25.6. The summed E-state index contributed by atoms with van der Waals surface area (Å²) in [7, 11) is -3.72. The summed E-state index contributed by atoms with van der Waals surface area (Å²) in [5.41, 5.74) is 0.151. The molecule has 0 radical (unpaired) electrons. The highest BCUT2D eigenvalue weighted by atomic mass is 32.2. The lowest BCUT2D eigenvalue weighted by molar-refractivity contribution is -0.137. The maximum absolute atomic E-state index is 13.5. The standard InChI is InChI=1S/C29H50N4O7S/c1-8-9-13-41(39,40)17-23(33-27(36)21-11-10-12-30-16-21)28(37)32-22(14-18(2)3)25(34)26(35)24(20(6)7)29(38)31-15-19(4)5/h10-12,16,18-20,22-26,34-35H,8-9,13-15,17H2,1-7H3,(H,31,38)(H,32,37)(H,33,36)/t22-,23?,24+,25+,26+/m0/s1. The predicted octanol–water partition coefficient (Wildman–Crippen LogP) is 1.69. The molecule has 0 aliphatic rings. The predicted molar refractivity (Wildman–Crippen MR) is 159 cm³/mol. The third-order valence-corrected chi connectivity index (χ3v) is 8.42. The highest BCUT2D eigenvalue weighted by Gasteiger charge is 2.39. The molecule has 5 N–H and O–H groups in total. The highest BCUT2D eigenvalue weighted by Crippen LogP contribution is 2.23. The number of pyridine rings is 1. The molecule has 11 nitrogen and oxygen atoms in total. The summed E-state index contributed by atoms with van der Waals surface area (Å²) in [6.45, 7) is 13.4. The smallest absolute Gasteiger partial charge is 0.253 e. The Morgan fingerprint density at radius 1 is 0.951 bits per heavy atom. The van der Waals surface area contributed by atoms with Gasteiger partial charge in [-0.25, -0.2) is 8.42 Å². The van der Waals surface area contributed by atoms with Crippen molar-refractivity contribution in [2.75, 3.05) is 18.1 Å². The Bertz CT molecular complexity index is 1060. The first kappa shape index (κ1) is 36.5. The molecule has 1 aromatic rings. The van der Waals surface area contributed by atoms with Gasteiger partial charge in [0.1, 0.15) is 12.1 Å². The number of nitrogens with zero attached hydrogens (tertiary/aromatic N) is 1. The minimum Gasteiger partial charge on any atom is -0.390 e. The molecule has 0 aromatic carbocycles. The fraction of sp³-hybridized carbons (Fsp3) is 0.724. The molecule has 5 atom stereocenters. The maximum atomic E-state index is 13.5. The number of carbonyl (C=O) groups excluding carboxylic acids is 3. The van der Waals surface area contributed by atoms with E-state index in [0.717, 1.165) is 0 Å². The second-order valence-corrected chi connectivity index (χ2v) is 14.1. The Morgan fingerprint density at radius 2 is 1.61 bits per heavy atom. The molecule has 41 heavy (non-hydrogen) atoms. The molecule has 1 heterocycles. The second kappa shape index (κ2) is 17.4. The van der Waals surface area contributed by atoms with Crippen molar-refractivity contribution in [1.29, 1.82) is 0 Å². The number of hydrogen-bond acceptors (Lipinski definition) is 8. The van der Waals surface area contributed by atoms with Crippen molar-refractivity contribution in [2.45, 2.75) is 92.0 Å². The van der Waals surface area contributed by atoms with Gasteiger partial charge in [-0.2, -0.15) is 0 Å². The van der Waals surface area contributed by atoms with Gasteiger partial charge in [0.25, 0.3) is 5.91 Å². The van der Waals surface area contributed by atoms with Gasteiger partial charge in [-0.1, -0.05) is 54.9 Å². The zero-order chi connectivity index (χ0) is 31.3. The number of hydrogen-bond donors (Lipinski definition) is 5. The van der Waals surface area contributed by atoms with Crippen LogP contribution in [0, 0.1) is 23.7 Å². The van der Waals surface area contributed by atoms with E-state index in [0.29, 0.717) is 19.4 Å². The van der Waals surface area contributed by atoms with Crippen LogP contribution >= 0.6 is 0 Å². The zero-order valence-corrected chi connectivity index (χ0v) is 26.3. The molecule has 1 aromatic heterocycles. The molecular weight excluding hydrogens is 548 g/mol. The molecule has 0 aliphatic heterocycles. The molecule has 234 valence electrons.